The zero-order valence-corrected chi connectivity index (χ0v) is 11.2. The fourth-order valence-electron chi connectivity index (χ4n) is 2.49. The monoisotopic (exact) mass is 265 g/mol. The Balaban J connectivity index is 2.15. The molecule has 1 heterocycles. The van der Waals surface area contributed by atoms with E-state index in [4.69, 9.17) is 5.73 Å². The van der Waals surface area contributed by atoms with Gasteiger partial charge in [0.2, 0.25) is 5.91 Å². The van der Waals surface area contributed by atoms with Crippen molar-refractivity contribution in [2.24, 2.45) is 5.73 Å². The van der Waals surface area contributed by atoms with Crippen molar-refractivity contribution in [2.45, 2.75) is 25.8 Å². The van der Waals surface area contributed by atoms with E-state index in [0.717, 1.165) is 26.1 Å². The van der Waals surface area contributed by atoms with Crippen LogP contribution < -0.4 is 16.0 Å². The summed E-state index contributed by atoms with van der Waals surface area (Å²) < 4.78 is 14.1. The normalized spacial score (nSPS) is 18.5. The fraction of sp³-hybridized carbons (Fsp3) is 0.500. The largest absolute Gasteiger partial charge is 0.368 e. The average molecular weight is 265 g/mol. The molecular formula is C14H20FN3O. The maximum atomic E-state index is 14.1. The van der Waals surface area contributed by atoms with E-state index in [0.29, 0.717) is 11.7 Å². The smallest absolute Gasteiger partial charge is 0.248 e. The first-order valence-corrected chi connectivity index (χ1v) is 6.69. The number of benzene rings is 1. The van der Waals surface area contributed by atoms with Gasteiger partial charge in [-0.05, 0) is 44.5 Å². The van der Waals surface area contributed by atoms with Gasteiger partial charge < -0.3 is 16.0 Å². The number of nitrogens with two attached hydrogens (primary N) is 1. The van der Waals surface area contributed by atoms with Crippen LogP contribution in [0, 0.1) is 5.82 Å². The summed E-state index contributed by atoms with van der Waals surface area (Å²) in [6.45, 7) is 4.54. The van der Waals surface area contributed by atoms with Crippen LogP contribution in [0.5, 0.6) is 0 Å². The Labute approximate surface area is 112 Å². The van der Waals surface area contributed by atoms with Crippen LogP contribution in [0.2, 0.25) is 0 Å². The number of amides is 1. The number of anilines is 1. The van der Waals surface area contributed by atoms with Crippen molar-refractivity contribution >= 4 is 11.6 Å². The molecule has 1 aliphatic heterocycles. The van der Waals surface area contributed by atoms with Crippen LogP contribution in [-0.4, -0.2) is 31.6 Å². The Morgan fingerprint density at radius 2 is 2.37 bits per heavy atom. The highest BCUT2D eigenvalue weighted by atomic mass is 19.1. The van der Waals surface area contributed by atoms with Gasteiger partial charge in [-0.25, -0.2) is 4.39 Å². The number of hydrogen-bond acceptors (Lipinski definition) is 3. The molecule has 1 aromatic carbocycles. The maximum absolute atomic E-state index is 14.1. The molecule has 0 spiro atoms. The molecule has 19 heavy (non-hydrogen) atoms. The third-order valence-electron chi connectivity index (χ3n) is 3.56. The Kier molecular flexibility index (Phi) is 4.37. The van der Waals surface area contributed by atoms with Crippen LogP contribution in [-0.2, 0) is 0 Å². The first kappa shape index (κ1) is 13.8. The van der Waals surface area contributed by atoms with Crippen molar-refractivity contribution in [2.75, 3.05) is 24.5 Å². The number of carbonyl (C=O) groups is 1. The fourth-order valence-corrected chi connectivity index (χ4v) is 2.49. The zero-order chi connectivity index (χ0) is 13.8. The lowest BCUT2D eigenvalue weighted by molar-refractivity contribution is 0.1000. The molecule has 1 aromatic rings. The van der Waals surface area contributed by atoms with Gasteiger partial charge in [0.25, 0.3) is 0 Å². The van der Waals surface area contributed by atoms with E-state index in [2.05, 4.69) is 5.32 Å². The number of primary amides is 1. The van der Waals surface area contributed by atoms with Gasteiger partial charge >= 0.3 is 0 Å². The minimum atomic E-state index is -0.606. The van der Waals surface area contributed by atoms with Crippen LogP contribution in [0.25, 0.3) is 0 Å². The van der Waals surface area contributed by atoms with Crippen molar-refractivity contribution in [1.29, 1.82) is 0 Å². The topological polar surface area (TPSA) is 58.4 Å². The number of nitrogens with one attached hydrogen (secondary N) is 1. The molecule has 4 nitrogen and oxygen atoms in total. The number of rotatable bonds is 5. The standard InChI is InChI=1S/C14H20FN3O/c1-2-18(9-11-4-3-7-17-11)13-6-5-10(14(16)19)8-12(13)15/h5-6,8,11,17H,2-4,7,9H2,1H3,(H2,16,19). The lowest BCUT2D eigenvalue weighted by Gasteiger charge is -2.27. The molecule has 1 amide bonds. The van der Waals surface area contributed by atoms with Gasteiger partial charge in [0, 0.05) is 24.7 Å². The highest BCUT2D eigenvalue weighted by Gasteiger charge is 2.19. The molecule has 2 rings (SSSR count). The predicted octanol–water partition coefficient (Wildman–Crippen LogP) is 1.50. The van der Waals surface area contributed by atoms with Gasteiger partial charge in [0.15, 0.2) is 0 Å². The molecule has 1 saturated heterocycles. The number of hydrogen-bond donors (Lipinski definition) is 2. The van der Waals surface area contributed by atoms with Crippen molar-refractivity contribution < 1.29 is 9.18 Å². The second-order valence-electron chi connectivity index (χ2n) is 4.86. The Morgan fingerprint density at radius 1 is 1.58 bits per heavy atom. The minimum absolute atomic E-state index is 0.205. The quantitative estimate of drug-likeness (QED) is 0.848. The van der Waals surface area contributed by atoms with Gasteiger partial charge in [-0.3, -0.25) is 4.79 Å². The summed E-state index contributed by atoms with van der Waals surface area (Å²) in [4.78, 5) is 13.0. The lowest BCUT2D eigenvalue weighted by Crippen LogP contribution is -2.38. The van der Waals surface area contributed by atoms with Gasteiger partial charge in [0.1, 0.15) is 5.82 Å². The molecule has 104 valence electrons. The Bertz CT molecular complexity index is 458. The maximum Gasteiger partial charge on any atom is 0.248 e. The lowest BCUT2D eigenvalue weighted by atomic mass is 10.1. The van der Waals surface area contributed by atoms with Crippen LogP contribution >= 0.6 is 0 Å². The number of likely N-dealkylation sites (N-methyl/N-ethyl adjacent to an activating group) is 1. The molecule has 1 atom stereocenters. The van der Waals surface area contributed by atoms with Gasteiger partial charge in [-0.15, -0.1) is 0 Å². The Morgan fingerprint density at radius 3 is 2.89 bits per heavy atom. The molecule has 1 aliphatic rings. The van der Waals surface area contributed by atoms with E-state index in [-0.39, 0.29) is 5.56 Å². The van der Waals surface area contributed by atoms with Crippen LogP contribution in [0.3, 0.4) is 0 Å². The molecule has 1 unspecified atom stereocenters. The molecule has 0 aromatic heterocycles. The van der Waals surface area contributed by atoms with E-state index in [1.165, 1.54) is 12.5 Å². The molecule has 0 bridgehead atoms. The van der Waals surface area contributed by atoms with Crippen LogP contribution in [0.4, 0.5) is 10.1 Å². The summed E-state index contributed by atoms with van der Waals surface area (Å²) in [7, 11) is 0. The number of carbonyl (C=O) groups excluding carboxylic acids is 1. The van der Waals surface area contributed by atoms with Gasteiger partial charge in [-0.2, -0.15) is 0 Å². The van der Waals surface area contributed by atoms with Crippen molar-refractivity contribution in [3.8, 4) is 0 Å². The first-order valence-electron chi connectivity index (χ1n) is 6.69. The second kappa shape index (κ2) is 6.02. The summed E-state index contributed by atoms with van der Waals surface area (Å²) in [6, 6.07) is 4.83. The third kappa shape index (κ3) is 3.23. The average Bonchev–Trinajstić information content (AvgIpc) is 2.89. The van der Waals surface area contributed by atoms with E-state index < -0.39 is 11.7 Å². The Hall–Kier alpha value is -1.62. The van der Waals surface area contributed by atoms with E-state index in [9.17, 15) is 9.18 Å². The minimum Gasteiger partial charge on any atom is -0.368 e. The summed E-state index contributed by atoms with van der Waals surface area (Å²) in [5, 5.41) is 3.40. The number of nitrogens with zero attached hydrogens (tertiary/aromatic N) is 1. The highest BCUT2D eigenvalue weighted by molar-refractivity contribution is 5.93. The SMILES string of the molecule is CCN(CC1CCCN1)c1ccc(C(N)=O)cc1F. The summed E-state index contributed by atoms with van der Waals surface area (Å²) in [6.07, 6.45) is 2.29. The van der Waals surface area contributed by atoms with Crippen LogP contribution in [0.15, 0.2) is 18.2 Å². The van der Waals surface area contributed by atoms with Gasteiger partial charge in [-0.1, -0.05) is 0 Å². The summed E-state index contributed by atoms with van der Waals surface area (Å²) in [5.74, 6) is -0.998. The van der Waals surface area contributed by atoms with Crippen molar-refractivity contribution in [3.63, 3.8) is 0 Å². The number of halogens is 1. The molecule has 0 radical (unpaired) electrons. The highest BCUT2D eigenvalue weighted by Crippen LogP contribution is 2.21. The second-order valence-corrected chi connectivity index (χ2v) is 4.86. The third-order valence-corrected chi connectivity index (χ3v) is 3.56. The van der Waals surface area contributed by atoms with Crippen LogP contribution in [0.1, 0.15) is 30.1 Å². The van der Waals surface area contributed by atoms with Crippen molar-refractivity contribution in [1.82, 2.24) is 5.32 Å². The molecule has 5 heteroatoms. The first-order chi connectivity index (χ1) is 9.11. The van der Waals surface area contributed by atoms with Gasteiger partial charge in [0.05, 0.1) is 5.69 Å². The molecule has 3 N–H and O–H groups in total. The molecular weight excluding hydrogens is 245 g/mol. The van der Waals surface area contributed by atoms with Crippen molar-refractivity contribution in [3.05, 3.63) is 29.6 Å². The molecule has 0 saturated carbocycles. The summed E-state index contributed by atoms with van der Waals surface area (Å²) in [5.41, 5.74) is 5.88. The van der Waals surface area contributed by atoms with E-state index in [1.807, 2.05) is 11.8 Å². The molecule has 1 fully saturated rings. The molecule has 0 aliphatic carbocycles. The zero-order valence-electron chi connectivity index (χ0n) is 11.2. The van der Waals surface area contributed by atoms with E-state index in [1.54, 1.807) is 12.1 Å². The summed E-state index contributed by atoms with van der Waals surface area (Å²) >= 11 is 0. The van der Waals surface area contributed by atoms with E-state index >= 15 is 0 Å². The predicted molar refractivity (Wildman–Crippen MR) is 73.8 cm³/mol.